The highest BCUT2D eigenvalue weighted by atomic mass is 19.1. The number of methoxy groups -OCH3 is 1. The molecule has 2 atom stereocenters. The number of likely N-dealkylation sites (tertiary alicyclic amines) is 1. The van der Waals surface area contributed by atoms with Crippen molar-refractivity contribution >= 4 is 23.1 Å². The molecule has 2 aliphatic rings. The summed E-state index contributed by atoms with van der Waals surface area (Å²) in [6.45, 7) is 4.22. The van der Waals surface area contributed by atoms with Gasteiger partial charge in [0.15, 0.2) is 0 Å². The molecule has 1 aromatic carbocycles. The quantitative estimate of drug-likeness (QED) is 0.447. The number of alkyl halides is 1. The standard InChI is InChI=1S/C25H35FN6O2/c1-34-19-8-12-32(13-9-19)11-7-17-2-4-18(5-3-17)30-24-14-23(20(15-29-24)25(27)33)31-22-6-10-28-16-21(22)26/h2-5,14-15,19,21-22,28H,6-13,16H2,1H3,(H2,27,33)(H2,29,30,31)/t21-,22+/m0/s1. The van der Waals surface area contributed by atoms with Crippen LogP contribution in [0.5, 0.6) is 0 Å². The van der Waals surface area contributed by atoms with Crippen LogP contribution >= 0.6 is 0 Å². The molecule has 0 bridgehead atoms. The van der Waals surface area contributed by atoms with Gasteiger partial charge in [0.25, 0.3) is 5.91 Å². The van der Waals surface area contributed by atoms with Crippen LogP contribution in [0.3, 0.4) is 0 Å². The molecule has 2 fully saturated rings. The van der Waals surface area contributed by atoms with Gasteiger partial charge in [0.1, 0.15) is 12.0 Å². The number of aromatic nitrogens is 1. The molecular weight excluding hydrogens is 435 g/mol. The summed E-state index contributed by atoms with van der Waals surface area (Å²) in [5.41, 5.74) is 8.43. The number of nitrogens with zero attached hydrogens (tertiary/aromatic N) is 2. The summed E-state index contributed by atoms with van der Waals surface area (Å²) in [6, 6.07) is 9.61. The van der Waals surface area contributed by atoms with E-state index in [2.05, 4.69) is 38.0 Å². The number of amides is 1. The number of pyridine rings is 1. The number of halogens is 1. The second-order valence-electron chi connectivity index (χ2n) is 9.09. The fraction of sp³-hybridized carbons (Fsp3) is 0.520. The van der Waals surface area contributed by atoms with Crippen molar-refractivity contribution in [1.82, 2.24) is 15.2 Å². The number of carbonyl (C=O) groups excluding carboxylic acids is 1. The summed E-state index contributed by atoms with van der Waals surface area (Å²) < 4.78 is 19.7. The number of primary amides is 1. The van der Waals surface area contributed by atoms with Crippen LogP contribution in [0.2, 0.25) is 0 Å². The molecule has 9 heteroatoms. The third kappa shape index (κ3) is 6.43. The van der Waals surface area contributed by atoms with E-state index in [1.165, 1.54) is 11.8 Å². The van der Waals surface area contributed by atoms with E-state index >= 15 is 0 Å². The fourth-order valence-electron chi connectivity index (χ4n) is 4.58. The van der Waals surface area contributed by atoms with Crippen molar-refractivity contribution in [3.63, 3.8) is 0 Å². The first-order valence-corrected chi connectivity index (χ1v) is 12.0. The predicted molar refractivity (Wildman–Crippen MR) is 132 cm³/mol. The molecule has 2 aliphatic heterocycles. The number of hydrogen-bond donors (Lipinski definition) is 4. The molecule has 2 aromatic rings. The van der Waals surface area contributed by atoms with Crippen LogP contribution < -0.4 is 21.7 Å². The van der Waals surface area contributed by atoms with E-state index in [0.29, 0.717) is 24.0 Å². The van der Waals surface area contributed by atoms with Crippen LogP contribution in [0, 0.1) is 0 Å². The molecule has 3 heterocycles. The van der Waals surface area contributed by atoms with Crippen LogP contribution in [-0.2, 0) is 11.2 Å². The average molecular weight is 471 g/mol. The van der Waals surface area contributed by atoms with E-state index in [4.69, 9.17) is 10.5 Å². The van der Waals surface area contributed by atoms with Gasteiger partial charge < -0.3 is 31.3 Å². The lowest BCUT2D eigenvalue weighted by molar-refractivity contribution is 0.0415. The third-order valence-corrected chi connectivity index (χ3v) is 6.73. The van der Waals surface area contributed by atoms with Gasteiger partial charge in [-0.15, -0.1) is 0 Å². The van der Waals surface area contributed by atoms with Crippen LogP contribution in [0.15, 0.2) is 36.5 Å². The molecule has 2 saturated heterocycles. The van der Waals surface area contributed by atoms with E-state index in [0.717, 1.165) is 51.1 Å². The highest BCUT2D eigenvalue weighted by Crippen LogP contribution is 2.24. The molecule has 0 radical (unpaired) electrons. The van der Waals surface area contributed by atoms with Gasteiger partial charge in [0.2, 0.25) is 0 Å². The Kier molecular flexibility index (Phi) is 8.31. The molecule has 34 heavy (non-hydrogen) atoms. The van der Waals surface area contributed by atoms with Gasteiger partial charge in [-0.25, -0.2) is 9.37 Å². The van der Waals surface area contributed by atoms with Crippen molar-refractivity contribution in [2.24, 2.45) is 5.73 Å². The number of anilines is 3. The largest absolute Gasteiger partial charge is 0.381 e. The number of rotatable bonds is 9. The van der Waals surface area contributed by atoms with E-state index in [-0.39, 0.29) is 18.2 Å². The fourth-order valence-corrected chi connectivity index (χ4v) is 4.58. The van der Waals surface area contributed by atoms with E-state index in [1.807, 2.05) is 12.1 Å². The molecule has 0 unspecified atom stereocenters. The van der Waals surface area contributed by atoms with Gasteiger partial charge in [-0.3, -0.25) is 4.79 Å². The Bertz CT molecular complexity index is 949. The predicted octanol–water partition coefficient (Wildman–Crippen LogP) is 2.69. The smallest absolute Gasteiger partial charge is 0.252 e. The van der Waals surface area contributed by atoms with Crippen molar-refractivity contribution in [1.29, 1.82) is 0 Å². The lowest BCUT2D eigenvalue weighted by atomic mass is 10.0. The Morgan fingerprint density at radius 1 is 1.26 bits per heavy atom. The topological polar surface area (TPSA) is 105 Å². The Hall–Kier alpha value is -2.75. The Morgan fingerprint density at radius 2 is 2.03 bits per heavy atom. The maximum absolute atomic E-state index is 14.3. The first-order chi connectivity index (χ1) is 16.5. The molecule has 0 spiro atoms. The first-order valence-electron chi connectivity index (χ1n) is 12.0. The van der Waals surface area contributed by atoms with Crippen LogP contribution in [-0.4, -0.2) is 73.9 Å². The minimum absolute atomic E-state index is 0.251. The summed E-state index contributed by atoms with van der Waals surface area (Å²) in [4.78, 5) is 18.7. The molecule has 1 aromatic heterocycles. The van der Waals surface area contributed by atoms with Gasteiger partial charge in [-0.2, -0.15) is 0 Å². The van der Waals surface area contributed by atoms with E-state index in [9.17, 15) is 9.18 Å². The zero-order valence-corrected chi connectivity index (χ0v) is 19.7. The third-order valence-electron chi connectivity index (χ3n) is 6.73. The van der Waals surface area contributed by atoms with E-state index in [1.54, 1.807) is 13.2 Å². The number of carbonyl (C=O) groups is 1. The molecule has 1 amide bonds. The Morgan fingerprint density at radius 3 is 2.71 bits per heavy atom. The minimum atomic E-state index is -1.04. The number of nitrogens with one attached hydrogen (secondary N) is 3. The molecule has 0 saturated carbocycles. The molecule has 4 rings (SSSR count). The second kappa shape index (κ2) is 11.6. The van der Waals surface area contributed by atoms with Gasteiger partial charge in [-0.1, -0.05) is 12.1 Å². The van der Waals surface area contributed by atoms with Crippen molar-refractivity contribution < 1.29 is 13.9 Å². The Balaban J connectivity index is 1.36. The number of ether oxygens (including phenoxy) is 1. The average Bonchev–Trinajstić information content (AvgIpc) is 2.85. The maximum atomic E-state index is 14.3. The SMILES string of the molecule is COC1CCN(CCc2ccc(Nc3cc(N[C@@H]4CCNC[C@@H]4F)c(C(N)=O)cn3)cc2)CC1. The second-order valence-corrected chi connectivity index (χ2v) is 9.09. The number of piperidine rings is 2. The zero-order chi connectivity index (χ0) is 23.9. The van der Waals surface area contributed by atoms with Crippen LogP contribution in [0.4, 0.5) is 21.6 Å². The van der Waals surface area contributed by atoms with Gasteiger partial charge in [0, 0.05) is 51.2 Å². The van der Waals surface area contributed by atoms with Crippen LogP contribution in [0.25, 0.3) is 0 Å². The number of benzene rings is 1. The van der Waals surface area contributed by atoms with Crippen LogP contribution in [0.1, 0.15) is 35.2 Å². The summed E-state index contributed by atoms with van der Waals surface area (Å²) in [5, 5.41) is 9.46. The van der Waals surface area contributed by atoms with E-state index < -0.39 is 12.1 Å². The van der Waals surface area contributed by atoms with Crippen molar-refractivity contribution in [3.8, 4) is 0 Å². The summed E-state index contributed by atoms with van der Waals surface area (Å²) >= 11 is 0. The van der Waals surface area contributed by atoms with Crippen molar-refractivity contribution in [3.05, 3.63) is 47.7 Å². The van der Waals surface area contributed by atoms with Crippen molar-refractivity contribution in [2.75, 3.05) is 50.5 Å². The summed E-state index contributed by atoms with van der Waals surface area (Å²) in [5.74, 6) is -0.0349. The highest BCUT2D eigenvalue weighted by molar-refractivity contribution is 5.98. The molecule has 5 N–H and O–H groups in total. The highest BCUT2D eigenvalue weighted by Gasteiger charge is 2.26. The molecule has 184 valence electrons. The summed E-state index contributed by atoms with van der Waals surface area (Å²) in [6.07, 6.45) is 4.61. The Labute approximate surface area is 200 Å². The normalized spacial score (nSPS) is 21.8. The van der Waals surface area contributed by atoms with Crippen molar-refractivity contribution in [2.45, 2.75) is 44.0 Å². The zero-order valence-electron chi connectivity index (χ0n) is 19.7. The van der Waals surface area contributed by atoms with Gasteiger partial charge in [-0.05, 0) is 49.9 Å². The number of nitrogens with two attached hydrogens (primary N) is 1. The first kappa shape index (κ1) is 24.4. The lowest BCUT2D eigenvalue weighted by Gasteiger charge is -2.31. The molecule has 0 aliphatic carbocycles. The maximum Gasteiger partial charge on any atom is 0.252 e. The minimum Gasteiger partial charge on any atom is -0.381 e. The molecule has 8 nitrogen and oxygen atoms in total. The summed E-state index contributed by atoms with van der Waals surface area (Å²) in [7, 11) is 1.79. The van der Waals surface area contributed by atoms with Gasteiger partial charge in [0.05, 0.1) is 23.4 Å². The monoisotopic (exact) mass is 470 g/mol. The van der Waals surface area contributed by atoms with Gasteiger partial charge >= 0.3 is 0 Å². The number of hydrogen-bond acceptors (Lipinski definition) is 7. The lowest BCUT2D eigenvalue weighted by Crippen LogP contribution is -2.45. The molecular formula is C25H35FN6O2.